The zero-order chi connectivity index (χ0) is 16.7. The Morgan fingerprint density at radius 3 is 2.43 bits per heavy atom. The molecule has 0 unspecified atom stereocenters. The summed E-state index contributed by atoms with van der Waals surface area (Å²) >= 11 is 5.82. The Bertz CT molecular complexity index is 623. The van der Waals surface area contributed by atoms with Gasteiger partial charge in [0, 0.05) is 11.6 Å². The lowest BCUT2D eigenvalue weighted by Crippen LogP contribution is -2.36. The molecule has 4 heteroatoms. The summed E-state index contributed by atoms with van der Waals surface area (Å²) in [5.74, 6) is 0.528. The van der Waals surface area contributed by atoms with Crippen LogP contribution in [0.2, 0.25) is 5.02 Å². The number of nitrogens with one attached hydrogen (secondary N) is 1. The van der Waals surface area contributed by atoms with Crippen LogP contribution in [0.15, 0.2) is 48.5 Å². The molecule has 0 aliphatic carbocycles. The normalized spacial score (nSPS) is 11.8. The van der Waals surface area contributed by atoms with Crippen molar-refractivity contribution in [2.75, 3.05) is 6.54 Å². The van der Waals surface area contributed by atoms with Gasteiger partial charge in [-0.15, -0.1) is 0 Å². The lowest BCUT2D eigenvalue weighted by molar-refractivity contribution is -0.127. The lowest BCUT2D eigenvalue weighted by atomic mass is 10.1. The van der Waals surface area contributed by atoms with E-state index in [1.54, 1.807) is 31.2 Å². The highest BCUT2D eigenvalue weighted by molar-refractivity contribution is 6.30. The third-order valence-corrected chi connectivity index (χ3v) is 3.81. The van der Waals surface area contributed by atoms with Crippen LogP contribution < -0.4 is 10.1 Å². The van der Waals surface area contributed by atoms with Crippen molar-refractivity contribution in [3.63, 3.8) is 0 Å². The van der Waals surface area contributed by atoms with Crippen LogP contribution in [0.4, 0.5) is 0 Å². The minimum absolute atomic E-state index is 0.108. The second-order valence-corrected chi connectivity index (χ2v) is 6.03. The van der Waals surface area contributed by atoms with Gasteiger partial charge < -0.3 is 10.1 Å². The zero-order valence-electron chi connectivity index (χ0n) is 13.5. The first-order chi connectivity index (χ1) is 11.0. The van der Waals surface area contributed by atoms with Crippen LogP contribution in [0, 0.1) is 6.92 Å². The van der Waals surface area contributed by atoms with Gasteiger partial charge in [-0.2, -0.15) is 0 Å². The van der Waals surface area contributed by atoms with E-state index in [0.29, 0.717) is 17.3 Å². The smallest absolute Gasteiger partial charge is 0.260 e. The molecule has 1 N–H and O–H groups in total. The number of ether oxygens (including phenoxy) is 1. The van der Waals surface area contributed by atoms with Gasteiger partial charge in [0.15, 0.2) is 6.10 Å². The Morgan fingerprint density at radius 2 is 1.78 bits per heavy atom. The number of aryl methyl sites for hydroxylation is 2. The third kappa shape index (κ3) is 5.95. The molecule has 0 saturated heterocycles. The number of hydrogen-bond donors (Lipinski definition) is 1. The van der Waals surface area contributed by atoms with Crippen molar-refractivity contribution in [3.05, 3.63) is 64.7 Å². The van der Waals surface area contributed by atoms with Gasteiger partial charge in [0.25, 0.3) is 5.91 Å². The van der Waals surface area contributed by atoms with Crippen LogP contribution in [0.5, 0.6) is 5.75 Å². The maximum absolute atomic E-state index is 12.0. The molecule has 3 nitrogen and oxygen atoms in total. The van der Waals surface area contributed by atoms with E-state index < -0.39 is 6.10 Å². The molecular weight excluding hydrogens is 310 g/mol. The summed E-state index contributed by atoms with van der Waals surface area (Å²) in [5, 5.41) is 3.55. The Kier molecular flexibility index (Phi) is 6.48. The van der Waals surface area contributed by atoms with Gasteiger partial charge in [0.2, 0.25) is 0 Å². The number of hydrogen-bond acceptors (Lipinski definition) is 2. The first-order valence-corrected chi connectivity index (χ1v) is 8.18. The fraction of sp³-hybridized carbons (Fsp3) is 0.316. The largest absolute Gasteiger partial charge is 0.481 e. The zero-order valence-corrected chi connectivity index (χ0v) is 14.3. The first-order valence-electron chi connectivity index (χ1n) is 7.80. The number of halogens is 1. The number of carbonyl (C=O) groups is 1. The summed E-state index contributed by atoms with van der Waals surface area (Å²) in [7, 11) is 0. The molecule has 23 heavy (non-hydrogen) atoms. The highest BCUT2D eigenvalue weighted by atomic mass is 35.5. The fourth-order valence-electron chi connectivity index (χ4n) is 2.17. The summed E-state index contributed by atoms with van der Waals surface area (Å²) in [6.07, 6.45) is 1.32. The molecular formula is C19H22ClNO2. The summed E-state index contributed by atoms with van der Waals surface area (Å²) in [6.45, 7) is 4.46. The maximum Gasteiger partial charge on any atom is 0.260 e. The first kappa shape index (κ1) is 17.4. The second kappa shape index (κ2) is 8.59. The van der Waals surface area contributed by atoms with Crippen molar-refractivity contribution >= 4 is 17.5 Å². The molecule has 1 atom stereocenters. The molecule has 0 aliphatic heterocycles. The molecule has 0 heterocycles. The number of rotatable bonds is 7. The molecule has 2 aromatic carbocycles. The van der Waals surface area contributed by atoms with E-state index in [0.717, 1.165) is 12.8 Å². The highest BCUT2D eigenvalue weighted by Gasteiger charge is 2.13. The highest BCUT2D eigenvalue weighted by Crippen LogP contribution is 2.16. The molecule has 2 rings (SSSR count). The molecule has 0 saturated carbocycles. The summed E-state index contributed by atoms with van der Waals surface area (Å²) in [6, 6.07) is 15.5. The molecule has 2 aromatic rings. The molecule has 0 radical (unpaired) electrons. The topological polar surface area (TPSA) is 38.3 Å². The van der Waals surface area contributed by atoms with Gasteiger partial charge in [0.1, 0.15) is 5.75 Å². The van der Waals surface area contributed by atoms with Gasteiger partial charge in [-0.25, -0.2) is 0 Å². The summed E-state index contributed by atoms with van der Waals surface area (Å²) in [5.41, 5.74) is 2.55. The Hall–Kier alpha value is -2.00. The van der Waals surface area contributed by atoms with E-state index in [1.807, 2.05) is 0 Å². The predicted octanol–water partition coefficient (Wildman–Crippen LogP) is 4.16. The number of benzene rings is 2. The lowest BCUT2D eigenvalue weighted by Gasteiger charge is -2.14. The quantitative estimate of drug-likeness (QED) is 0.773. The average molecular weight is 332 g/mol. The molecule has 0 bridgehead atoms. The third-order valence-electron chi connectivity index (χ3n) is 3.56. The van der Waals surface area contributed by atoms with Crippen molar-refractivity contribution < 1.29 is 9.53 Å². The van der Waals surface area contributed by atoms with Crippen LogP contribution in [0.25, 0.3) is 0 Å². The van der Waals surface area contributed by atoms with E-state index in [2.05, 4.69) is 36.5 Å². The van der Waals surface area contributed by atoms with E-state index in [9.17, 15) is 4.79 Å². The average Bonchev–Trinajstić information content (AvgIpc) is 2.55. The van der Waals surface area contributed by atoms with E-state index in [4.69, 9.17) is 16.3 Å². The van der Waals surface area contributed by atoms with Crippen LogP contribution in [0.3, 0.4) is 0 Å². The number of amides is 1. The van der Waals surface area contributed by atoms with Crippen molar-refractivity contribution in [1.29, 1.82) is 0 Å². The van der Waals surface area contributed by atoms with Crippen LogP contribution in [-0.4, -0.2) is 18.6 Å². The van der Waals surface area contributed by atoms with Gasteiger partial charge in [-0.3, -0.25) is 4.79 Å². The monoisotopic (exact) mass is 331 g/mol. The molecule has 122 valence electrons. The molecule has 0 fully saturated rings. The maximum atomic E-state index is 12.0. The SMILES string of the molecule is Cc1ccc(CCCNC(=O)[C@H](C)Oc2ccc(Cl)cc2)cc1. The molecule has 0 aliphatic rings. The number of carbonyl (C=O) groups excluding carboxylic acids is 1. The van der Waals surface area contributed by atoms with Crippen LogP contribution in [0.1, 0.15) is 24.5 Å². The molecule has 0 aromatic heterocycles. The fourth-order valence-corrected chi connectivity index (χ4v) is 2.30. The van der Waals surface area contributed by atoms with Crippen molar-refractivity contribution in [1.82, 2.24) is 5.32 Å². The van der Waals surface area contributed by atoms with Crippen LogP contribution in [-0.2, 0) is 11.2 Å². The summed E-state index contributed by atoms with van der Waals surface area (Å²) in [4.78, 5) is 12.0. The van der Waals surface area contributed by atoms with E-state index in [1.165, 1.54) is 11.1 Å². The van der Waals surface area contributed by atoms with Gasteiger partial charge in [-0.05, 0) is 56.5 Å². The minimum Gasteiger partial charge on any atom is -0.481 e. The van der Waals surface area contributed by atoms with Gasteiger partial charge in [-0.1, -0.05) is 41.4 Å². The van der Waals surface area contributed by atoms with Crippen LogP contribution >= 0.6 is 11.6 Å². The minimum atomic E-state index is -0.532. The second-order valence-electron chi connectivity index (χ2n) is 5.59. The van der Waals surface area contributed by atoms with Crippen molar-refractivity contribution in [2.45, 2.75) is 32.8 Å². The Labute approximate surface area is 142 Å². The molecule has 1 amide bonds. The molecule has 0 spiro atoms. The Balaban J connectivity index is 1.69. The van der Waals surface area contributed by atoms with E-state index >= 15 is 0 Å². The van der Waals surface area contributed by atoms with Crippen molar-refractivity contribution in [2.24, 2.45) is 0 Å². The predicted molar refractivity (Wildman–Crippen MR) is 94.1 cm³/mol. The van der Waals surface area contributed by atoms with Gasteiger partial charge >= 0.3 is 0 Å². The Morgan fingerprint density at radius 1 is 1.13 bits per heavy atom. The van der Waals surface area contributed by atoms with E-state index in [-0.39, 0.29) is 5.91 Å². The standard InChI is InChI=1S/C19H22ClNO2/c1-14-5-7-16(8-6-14)4-3-13-21-19(22)15(2)23-18-11-9-17(20)10-12-18/h5-12,15H,3-4,13H2,1-2H3,(H,21,22)/t15-/m0/s1. The summed E-state index contributed by atoms with van der Waals surface area (Å²) < 4.78 is 5.59. The van der Waals surface area contributed by atoms with Crippen molar-refractivity contribution in [3.8, 4) is 5.75 Å². The van der Waals surface area contributed by atoms with Gasteiger partial charge in [0.05, 0.1) is 0 Å².